The molecule has 37 heavy (non-hydrogen) atoms. The quantitative estimate of drug-likeness (QED) is 0.135. The van der Waals surface area contributed by atoms with Crippen molar-refractivity contribution in [2.75, 3.05) is 0 Å². The summed E-state index contributed by atoms with van der Waals surface area (Å²) in [6.45, 7) is 15.7. The fourth-order valence-electron chi connectivity index (χ4n) is 3.03. The van der Waals surface area contributed by atoms with Crippen molar-refractivity contribution in [1.82, 2.24) is 0 Å². The molecule has 1 rings (SSSR count). The molecule has 0 aliphatic carbocycles. The van der Waals surface area contributed by atoms with Gasteiger partial charge in [0.2, 0.25) is 0 Å². The number of carboxylic acid groups (broad SMARTS) is 2. The fraction of sp³-hybridized carbons (Fsp3) is 0.688. The number of rotatable bonds is 17. The van der Waals surface area contributed by atoms with Crippen molar-refractivity contribution in [3.63, 3.8) is 0 Å². The molecule has 0 N–H and O–H groups in total. The van der Waals surface area contributed by atoms with E-state index in [2.05, 4.69) is 34.6 Å². The molecular formula is C32H56O4Sn. The molecule has 1 aromatic rings. The van der Waals surface area contributed by atoms with Gasteiger partial charge in [-0.2, -0.15) is 0 Å². The Morgan fingerprint density at radius 1 is 0.676 bits per heavy atom. The van der Waals surface area contributed by atoms with Crippen LogP contribution in [0.1, 0.15) is 153 Å². The zero-order chi connectivity index (χ0) is 27.9. The molecule has 0 aromatic heterocycles. The maximum Gasteiger partial charge on any atom is 2.00 e. The summed E-state index contributed by atoms with van der Waals surface area (Å²) >= 11 is 0. The molecule has 5 heteroatoms. The number of aromatic carboxylic acids is 1. The number of hydrogen-bond donors (Lipinski definition) is 0. The minimum absolute atomic E-state index is 0. The Bertz CT molecular complexity index is 582. The maximum atomic E-state index is 10.4. The predicted octanol–water partition coefficient (Wildman–Crippen LogP) is 7.30. The Hall–Kier alpha value is -1.04. The van der Waals surface area contributed by atoms with Crippen LogP contribution in [0.2, 0.25) is 0 Å². The average Bonchev–Trinajstić information content (AvgIpc) is 2.89. The van der Waals surface area contributed by atoms with Crippen LogP contribution >= 0.6 is 0 Å². The predicted molar refractivity (Wildman–Crippen MR) is 157 cm³/mol. The monoisotopic (exact) mass is 624 g/mol. The first-order valence-corrected chi connectivity index (χ1v) is 14.4. The molecule has 0 unspecified atom stereocenters. The van der Waals surface area contributed by atoms with E-state index in [1.54, 1.807) is 12.1 Å². The Balaban J connectivity index is -0.000000232. The van der Waals surface area contributed by atoms with Crippen LogP contribution in [-0.2, 0) is 11.2 Å². The van der Waals surface area contributed by atoms with Crippen molar-refractivity contribution >= 4 is 35.8 Å². The van der Waals surface area contributed by atoms with Gasteiger partial charge in [0.05, 0.1) is 5.97 Å². The number of unbranched alkanes of at least 4 members (excludes halogenated alkanes) is 13. The summed E-state index contributed by atoms with van der Waals surface area (Å²) in [5.74, 6) is -2.02. The molecule has 0 atom stereocenters. The van der Waals surface area contributed by atoms with Gasteiger partial charge in [-0.25, -0.2) is 0 Å². The molecule has 0 aliphatic rings. The van der Waals surface area contributed by atoms with Gasteiger partial charge in [-0.1, -0.05) is 156 Å². The number of carboxylic acids is 2. The molecule has 212 valence electrons. The first-order chi connectivity index (χ1) is 17.3. The normalized spacial score (nSPS) is 9.35. The average molecular weight is 624 g/mol. The van der Waals surface area contributed by atoms with Crippen LogP contribution in [0.3, 0.4) is 0 Å². The van der Waals surface area contributed by atoms with Crippen LogP contribution in [0, 0.1) is 13.8 Å². The summed E-state index contributed by atoms with van der Waals surface area (Å²) in [5, 5.41) is 20.5. The Morgan fingerprint density at radius 2 is 1.08 bits per heavy atom. The van der Waals surface area contributed by atoms with Gasteiger partial charge < -0.3 is 19.8 Å². The van der Waals surface area contributed by atoms with E-state index < -0.39 is 11.9 Å². The molecule has 0 aliphatic heterocycles. The number of carbonyl (C=O) groups excluding carboxylic acids is 2. The molecule has 0 saturated carbocycles. The molecule has 0 bridgehead atoms. The van der Waals surface area contributed by atoms with E-state index in [1.807, 2.05) is 13.0 Å². The van der Waals surface area contributed by atoms with Crippen LogP contribution in [-0.4, -0.2) is 35.8 Å². The van der Waals surface area contributed by atoms with Crippen LogP contribution < -0.4 is 10.2 Å². The summed E-state index contributed by atoms with van der Waals surface area (Å²) in [4.78, 5) is 20.5. The van der Waals surface area contributed by atoms with Crippen molar-refractivity contribution in [2.45, 2.75) is 143 Å². The van der Waals surface area contributed by atoms with E-state index >= 15 is 0 Å². The minimum atomic E-state index is -1.11. The van der Waals surface area contributed by atoms with Crippen LogP contribution in [0.25, 0.3) is 0 Å². The third kappa shape index (κ3) is 39.6. The summed E-state index contributed by atoms with van der Waals surface area (Å²) < 4.78 is 0. The number of carbonyl (C=O) groups is 2. The Morgan fingerprint density at radius 3 is 1.41 bits per heavy atom. The number of aryl methyl sites for hydroxylation is 1. The zero-order valence-electron chi connectivity index (χ0n) is 24.6. The minimum Gasteiger partial charge on any atom is -0.550 e. The molecule has 0 spiro atoms. The molecule has 0 amide bonds. The Kier molecular flexibility index (Phi) is 43.2. The van der Waals surface area contributed by atoms with E-state index in [-0.39, 0.29) is 35.9 Å². The van der Waals surface area contributed by atoms with Crippen molar-refractivity contribution in [2.24, 2.45) is 0 Å². The molecule has 0 fully saturated rings. The standard InChI is InChI=1S/C15H30O2.C9H10O2.2C4H9.Sn/c1-2-3-4-5-6-7-8-9-10-11-12-13-14-15(16)17;1-2-7-4-3-5-8(6-7)9(10)11;2*1-3-4-2;/h2-14H2,1H3,(H,16,17);3-6H,2H2,1H3,(H,10,11);2*1,3-4H2,2H3;/q;;;;+2/p-2. The first kappa shape index (κ1) is 43.0. The second kappa shape index (κ2) is 37.1. The van der Waals surface area contributed by atoms with Crippen molar-refractivity contribution in [3.8, 4) is 0 Å². The second-order valence-corrected chi connectivity index (χ2v) is 9.06. The number of benzene rings is 1. The molecule has 0 heterocycles. The molecule has 4 nitrogen and oxygen atoms in total. The van der Waals surface area contributed by atoms with Crippen molar-refractivity contribution < 1.29 is 19.8 Å². The topological polar surface area (TPSA) is 80.3 Å². The third-order valence-corrected chi connectivity index (χ3v) is 5.51. The number of aliphatic carboxylic acids is 1. The van der Waals surface area contributed by atoms with Crippen molar-refractivity contribution in [1.29, 1.82) is 0 Å². The Labute approximate surface area is 247 Å². The van der Waals surface area contributed by atoms with Gasteiger partial charge >= 0.3 is 23.9 Å². The van der Waals surface area contributed by atoms with Gasteiger partial charge in [-0.15, -0.1) is 0 Å². The van der Waals surface area contributed by atoms with E-state index in [0.717, 1.165) is 37.7 Å². The maximum absolute atomic E-state index is 10.4. The SMILES string of the molecule is CCCCCCCCCCCCCCC(=O)[O-].CCc1cccc(C(=O)[O-])c1.[CH2]CCC.[CH2]CCC.[Sn+2]. The van der Waals surface area contributed by atoms with Crippen LogP contribution in [0.4, 0.5) is 0 Å². The van der Waals surface area contributed by atoms with E-state index in [9.17, 15) is 19.8 Å². The van der Waals surface area contributed by atoms with E-state index in [1.165, 1.54) is 83.1 Å². The molecular weight excluding hydrogens is 567 g/mol. The smallest absolute Gasteiger partial charge is 0.550 e. The molecule has 0 saturated heterocycles. The third-order valence-electron chi connectivity index (χ3n) is 5.51. The van der Waals surface area contributed by atoms with E-state index in [0.29, 0.717) is 0 Å². The second-order valence-electron chi connectivity index (χ2n) is 9.06. The van der Waals surface area contributed by atoms with Crippen molar-refractivity contribution in [3.05, 3.63) is 49.2 Å². The van der Waals surface area contributed by atoms with Gasteiger partial charge in [0.25, 0.3) is 0 Å². The summed E-state index contributed by atoms with van der Waals surface area (Å²) in [6.07, 6.45) is 20.9. The fourth-order valence-corrected chi connectivity index (χ4v) is 3.03. The van der Waals surface area contributed by atoms with Crippen LogP contribution in [0.5, 0.6) is 0 Å². The van der Waals surface area contributed by atoms with Gasteiger partial charge in [-0.05, 0) is 36.5 Å². The molecule has 4 radical (unpaired) electrons. The van der Waals surface area contributed by atoms with Gasteiger partial charge in [0, 0.05) is 5.97 Å². The molecule has 1 aromatic carbocycles. The summed E-state index contributed by atoms with van der Waals surface area (Å²) in [5.41, 5.74) is 1.27. The number of hydrogen-bond acceptors (Lipinski definition) is 4. The first-order valence-electron chi connectivity index (χ1n) is 14.4. The van der Waals surface area contributed by atoms with Gasteiger partial charge in [-0.3, -0.25) is 0 Å². The van der Waals surface area contributed by atoms with Gasteiger partial charge in [0.15, 0.2) is 0 Å². The summed E-state index contributed by atoms with van der Waals surface area (Å²) in [6, 6.07) is 6.79. The summed E-state index contributed by atoms with van der Waals surface area (Å²) in [7, 11) is 0. The zero-order valence-corrected chi connectivity index (χ0v) is 27.4. The largest absolute Gasteiger partial charge is 2.00 e. The van der Waals surface area contributed by atoms with Gasteiger partial charge in [0.1, 0.15) is 0 Å². The van der Waals surface area contributed by atoms with Crippen LogP contribution in [0.15, 0.2) is 24.3 Å². The van der Waals surface area contributed by atoms with E-state index in [4.69, 9.17) is 0 Å².